The fraction of sp³-hybridized carbons (Fsp3) is 0.167. The van der Waals surface area contributed by atoms with Gasteiger partial charge in [-0.2, -0.15) is 4.98 Å². The van der Waals surface area contributed by atoms with Gasteiger partial charge in [-0.25, -0.2) is 0 Å². The Hall–Kier alpha value is -2.31. The van der Waals surface area contributed by atoms with Crippen LogP contribution in [0.4, 0.5) is 5.69 Å². The number of hydrogen-bond acceptors (Lipinski definition) is 5. The summed E-state index contributed by atoms with van der Waals surface area (Å²) in [4.78, 5) is 16.3. The van der Waals surface area contributed by atoms with Crippen LogP contribution in [0, 0.1) is 6.92 Å². The first-order valence-electron chi connectivity index (χ1n) is 7.63. The molecule has 1 heterocycles. The van der Waals surface area contributed by atoms with Crippen LogP contribution < -0.4 is 5.32 Å². The number of aryl methyl sites for hydroxylation is 1. The van der Waals surface area contributed by atoms with Crippen molar-refractivity contribution in [1.82, 2.24) is 10.1 Å². The van der Waals surface area contributed by atoms with Crippen molar-refractivity contribution in [2.75, 3.05) is 11.1 Å². The Labute approximate surface area is 154 Å². The van der Waals surface area contributed by atoms with E-state index in [1.54, 1.807) is 24.3 Å². The molecule has 0 aliphatic carbocycles. The molecule has 0 bridgehead atoms. The molecular weight excluding hydrogens is 358 g/mol. The normalized spacial score (nSPS) is 10.6. The number of carbonyl (C=O) groups is 1. The van der Waals surface area contributed by atoms with E-state index in [-0.39, 0.29) is 5.91 Å². The van der Waals surface area contributed by atoms with Crippen molar-refractivity contribution in [3.8, 4) is 11.5 Å². The van der Waals surface area contributed by atoms with E-state index >= 15 is 0 Å². The Kier molecular flexibility index (Phi) is 5.73. The Balaban J connectivity index is 1.49. The highest BCUT2D eigenvalue weighted by molar-refractivity contribution is 7.99. The topological polar surface area (TPSA) is 68.0 Å². The number of hydrogen-bond donors (Lipinski definition) is 1. The lowest BCUT2D eigenvalue weighted by molar-refractivity contribution is -0.113. The van der Waals surface area contributed by atoms with Gasteiger partial charge in [0, 0.05) is 16.3 Å². The number of thioether (sulfide) groups is 1. The van der Waals surface area contributed by atoms with Crippen molar-refractivity contribution >= 4 is 35.0 Å². The summed E-state index contributed by atoms with van der Waals surface area (Å²) in [5, 5.41) is 7.33. The maximum Gasteiger partial charge on any atom is 0.257 e. The third kappa shape index (κ3) is 5.08. The van der Waals surface area contributed by atoms with Crippen LogP contribution in [0.2, 0.25) is 5.02 Å². The molecule has 7 heteroatoms. The van der Waals surface area contributed by atoms with Crippen molar-refractivity contribution in [1.29, 1.82) is 0 Å². The van der Waals surface area contributed by atoms with Crippen molar-refractivity contribution < 1.29 is 9.32 Å². The second kappa shape index (κ2) is 8.18. The zero-order valence-electron chi connectivity index (χ0n) is 13.5. The summed E-state index contributed by atoms with van der Waals surface area (Å²) in [5.74, 6) is 1.74. The summed E-state index contributed by atoms with van der Waals surface area (Å²) in [7, 11) is 0. The fourth-order valence-electron chi connectivity index (χ4n) is 2.12. The molecule has 3 aromatic rings. The molecule has 0 spiro atoms. The van der Waals surface area contributed by atoms with E-state index in [0.29, 0.717) is 33.9 Å². The number of nitrogens with zero attached hydrogens (tertiary/aromatic N) is 2. The first kappa shape index (κ1) is 17.5. The SMILES string of the molecule is Cc1ccc(-c2nc(CSCC(=O)Nc3cccc(Cl)c3)no2)cc1. The van der Waals surface area contributed by atoms with E-state index in [2.05, 4.69) is 15.5 Å². The van der Waals surface area contributed by atoms with Gasteiger partial charge in [0.2, 0.25) is 5.91 Å². The van der Waals surface area contributed by atoms with Crippen LogP contribution in [0.3, 0.4) is 0 Å². The number of halogens is 1. The molecule has 1 amide bonds. The van der Waals surface area contributed by atoms with Crippen LogP contribution in [0.25, 0.3) is 11.5 Å². The average molecular weight is 374 g/mol. The van der Waals surface area contributed by atoms with Crippen LogP contribution in [0.15, 0.2) is 53.1 Å². The van der Waals surface area contributed by atoms with E-state index < -0.39 is 0 Å². The number of aromatic nitrogens is 2. The number of rotatable bonds is 6. The Morgan fingerprint density at radius 3 is 2.80 bits per heavy atom. The first-order chi connectivity index (χ1) is 12.1. The van der Waals surface area contributed by atoms with Crippen LogP contribution in [-0.2, 0) is 10.5 Å². The van der Waals surface area contributed by atoms with E-state index in [9.17, 15) is 4.79 Å². The summed E-state index contributed by atoms with van der Waals surface area (Å²) in [5.41, 5.74) is 2.73. The van der Waals surface area contributed by atoms with Crippen molar-refractivity contribution in [3.05, 3.63) is 64.9 Å². The molecule has 0 radical (unpaired) electrons. The lowest BCUT2D eigenvalue weighted by atomic mass is 10.1. The molecule has 0 aliphatic rings. The largest absolute Gasteiger partial charge is 0.334 e. The van der Waals surface area contributed by atoms with Gasteiger partial charge in [-0.05, 0) is 37.3 Å². The van der Waals surface area contributed by atoms with E-state index in [1.165, 1.54) is 17.3 Å². The summed E-state index contributed by atoms with van der Waals surface area (Å²) < 4.78 is 5.27. The lowest BCUT2D eigenvalue weighted by Crippen LogP contribution is -2.14. The molecule has 0 atom stereocenters. The van der Waals surface area contributed by atoms with Crippen LogP contribution in [0.1, 0.15) is 11.4 Å². The minimum absolute atomic E-state index is 0.102. The molecule has 1 N–H and O–H groups in total. The maximum atomic E-state index is 11.9. The predicted molar refractivity (Wildman–Crippen MR) is 101 cm³/mol. The molecule has 0 saturated heterocycles. The highest BCUT2D eigenvalue weighted by atomic mass is 35.5. The van der Waals surface area contributed by atoms with Gasteiger partial charge < -0.3 is 9.84 Å². The second-order valence-corrected chi connectivity index (χ2v) is 6.86. The molecule has 2 aromatic carbocycles. The van der Waals surface area contributed by atoms with E-state index in [1.807, 2.05) is 31.2 Å². The van der Waals surface area contributed by atoms with Gasteiger partial charge in [-0.3, -0.25) is 4.79 Å². The van der Waals surface area contributed by atoms with Gasteiger partial charge in [-0.1, -0.05) is 40.5 Å². The molecule has 25 heavy (non-hydrogen) atoms. The highest BCUT2D eigenvalue weighted by Crippen LogP contribution is 2.20. The molecule has 0 aliphatic heterocycles. The molecule has 0 unspecified atom stereocenters. The monoisotopic (exact) mass is 373 g/mol. The molecule has 1 aromatic heterocycles. The Bertz CT molecular complexity index is 865. The molecular formula is C18H16ClN3O2S. The molecule has 128 valence electrons. The maximum absolute atomic E-state index is 11.9. The smallest absolute Gasteiger partial charge is 0.257 e. The van der Waals surface area contributed by atoms with Crippen molar-refractivity contribution in [3.63, 3.8) is 0 Å². The number of carbonyl (C=O) groups excluding carboxylic acids is 1. The van der Waals surface area contributed by atoms with E-state index in [4.69, 9.17) is 16.1 Å². The third-order valence-corrected chi connectivity index (χ3v) is 4.50. The number of nitrogens with one attached hydrogen (secondary N) is 1. The van der Waals surface area contributed by atoms with E-state index in [0.717, 1.165) is 5.56 Å². The van der Waals surface area contributed by atoms with Gasteiger partial charge >= 0.3 is 0 Å². The Morgan fingerprint density at radius 1 is 1.24 bits per heavy atom. The van der Waals surface area contributed by atoms with Gasteiger partial charge in [0.1, 0.15) is 0 Å². The molecule has 0 fully saturated rings. The first-order valence-corrected chi connectivity index (χ1v) is 9.16. The van der Waals surface area contributed by atoms with Crippen molar-refractivity contribution in [2.45, 2.75) is 12.7 Å². The quantitative estimate of drug-likeness (QED) is 0.685. The molecule has 0 saturated carbocycles. The summed E-state index contributed by atoms with van der Waals surface area (Å²) in [6.07, 6.45) is 0. The fourth-order valence-corrected chi connectivity index (χ4v) is 2.97. The summed E-state index contributed by atoms with van der Waals surface area (Å²) >= 11 is 7.31. The zero-order chi connectivity index (χ0) is 17.6. The minimum Gasteiger partial charge on any atom is -0.334 e. The summed E-state index contributed by atoms with van der Waals surface area (Å²) in [6.45, 7) is 2.02. The van der Waals surface area contributed by atoms with Crippen LogP contribution in [0.5, 0.6) is 0 Å². The summed E-state index contributed by atoms with van der Waals surface area (Å²) in [6, 6.07) is 14.9. The standard InChI is InChI=1S/C18H16ClN3O2S/c1-12-5-7-13(8-6-12)18-21-16(22-24-18)10-25-11-17(23)20-15-4-2-3-14(19)9-15/h2-9H,10-11H2,1H3,(H,20,23). The third-order valence-electron chi connectivity index (χ3n) is 3.34. The number of benzene rings is 2. The van der Waals surface area contributed by atoms with Crippen molar-refractivity contribution in [2.24, 2.45) is 0 Å². The lowest BCUT2D eigenvalue weighted by Gasteiger charge is -2.04. The van der Waals surface area contributed by atoms with Gasteiger partial charge in [-0.15, -0.1) is 11.8 Å². The number of anilines is 1. The van der Waals surface area contributed by atoms with Crippen LogP contribution >= 0.6 is 23.4 Å². The molecule has 3 rings (SSSR count). The average Bonchev–Trinajstić information content (AvgIpc) is 3.04. The predicted octanol–water partition coefficient (Wildman–Crippen LogP) is 4.57. The van der Waals surface area contributed by atoms with Crippen LogP contribution in [-0.4, -0.2) is 21.8 Å². The van der Waals surface area contributed by atoms with Gasteiger partial charge in [0.15, 0.2) is 5.82 Å². The Morgan fingerprint density at radius 2 is 2.04 bits per heavy atom. The van der Waals surface area contributed by atoms with Gasteiger partial charge in [0.25, 0.3) is 5.89 Å². The number of amides is 1. The zero-order valence-corrected chi connectivity index (χ0v) is 15.1. The highest BCUT2D eigenvalue weighted by Gasteiger charge is 2.10. The molecule has 5 nitrogen and oxygen atoms in total. The second-order valence-electron chi connectivity index (χ2n) is 5.43. The van der Waals surface area contributed by atoms with Gasteiger partial charge in [0.05, 0.1) is 11.5 Å². The minimum atomic E-state index is -0.102.